The van der Waals surface area contributed by atoms with Crippen molar-refractivity contribution in [3.05, 3.63) is 85.2 Å². The van der Waals surface area contributed by atoms with E-state index in [1.54, 1.807) is 0 Å². The second-order valence-corrected chi connectivity index (χ2v) is 4.81. The number of rotatable bonds is 2. The van der Waals surface area contributed by atoms with Gasteiger partial charge in [-0.05, 0) is 36.4 Å². The molecule has 2 nitrogen and oxygen atoms in total. The smallest absolute Gasteiger partial charge is 0.0712 e. The van der Waals surface area contributed by atoms with E-state index in [9.17, 15) is 0 Å². The molecule has 0 atom stereocenters. The molecule has 4 rings (SSSR count). The second-order valence-electron chi connectivity index (χ2n) is 4.81. The van der Waals surface area contributed by atoms with Crippen LogP contribution in [0.3, 0.4) is 0 Å². The molecule has 4 aromatic rings. The van der Waals surface area contributed by atoms with Gasteiger partial charge in [0, 0.05) is 23.8 Å². The minimum absolute atomic E-state index is 1.19. The van der Waals surface area contributed by atoms with Gasteiger partial charge in [-0.2, -0.15) is 0 Å². The first kappa shape index (κ1) is 11.1. The Hall–Kier alpha value is -2.74. The molecule has 0 saturated carbocycles. The SMILES string of the molecule is c1ccc(-n2ccc3c2ccn3-c2ccccc2)cc1. The van der Waals surface area contributed by atoms with E-state index in [-0.39, 0.29) is 0 Å². The van der Waals surface area contributed by atoms with Crippen molar-refractivity contribution in [1.29, 1.82) is 0 Å². The van der Waals surface area contributed by atoms with Crippen molar-refractivity contribution < 1.29 is 0 Å². The van der Waals surface area contributed by atoms with Crippen LogP contribution in [0, 0.1) is 0 Å². The molecule has 2 heteroatoms. The quantitative estimate of drug-likeness (QED) is 0.503. The standard InChI is InChI=1S/C18H14N2/c1-3-7-15(8-4-1)19-13-11-18-17(19)12-14-20(18)16-9-5-2-6-10-16/h1-14H. The minimum atomic E-state index is 1.19. The van der Waals surface area contributed by atoms with Gasteiger partial charge < -0.3 is 9.13 Å². The van der Waals surface area contributed by atoms with Crippen molar-refractivity contribution in [2.75, 3.05) is 0 Å². The molecule has 0 aliphatic rings. The summed E-state index contributed by atoms with van der Waals surface area (Å²) in [7, 11) is 0. The molecule has 0 spiro atoms. The molecule has 2 aromatic carbocycles. The maximum Gasteiger partial charge on any atom is 0.0712 e. The topological polar surface area (TPSA) is 9.86 Å². The van der Waals surface area contributed by atoms with Gasteiger partial charge in [0.15, 0.2) is 0 Å². The van der Waals surface area contributed by atoms with Crippen LogP contribution in [0.4, 0.5) is 0 Å². The predicted molar refractivity (Wildman–Crippen MR) is 82.6 cm³/mol. The molecule has 0 saturated heterocycles. The molecule has 0 radical (unpaired) electrons. The molecular weight excluding hydrogens is 244 g/mol. The van der Waals surface area contributed by atoms with Crippen LogP contribution in [0.5, 0.6) is 0 Å². The molecule has 0 unspecified atom stereocenters. The summed E-state index contributed by atoms with van der Waals surface area (Å²) in [6.07, 6.45) is 4.25. The van der Waals surface area contributed by atoms with Crippen LogP contribution < -0.4 is 0 Å². The third-order valence-corrected chi connectivity index (χ3v) is 3.61. The van der Waals surface area contributed by atoms with Crippen molar-refractivity contribution >= 4 is 11.0 Å². The highest BCUT2D eigenvalue weighted by Gasteiger charge is 2.08. The zero-order valence-electron chi connectivity index (χ0n) is 11.0. The fourth-order valence-electron chi connectivity index (χ4n) is 2.66. The Morgan fingerprint density at radius 2 is 0.850 bits per heavy atom. The highest BCUT2D eigenvalue weighted by Crippen LogP contribution is 2.24. The van der Waals surface area contributed by atoms with E-state index in [1.807, 2.05) is 12.1 Å². The van der Waals surface area contributed by atoms with Crippen LogP contribution in [0.15, 0.2) is 85.2 Å². The molecule has 20 heavy (non-hydrogen) atoms. The lowest BCUT2D eigenvalue weighted by Gasteiger charge is -2.03. The van der Waals surface area contributed by atoms with Gasteiger partial charge in [0.1, 0.15) is 0 Å². The maximum absolute atomic E-state index is 2.22. The first-order chi connectivity index (χ1) is 9.93. The van der Waals surface area contributed by atoms with Crippen molar-refractivity contribution in [2.45, 2.75) is 0 Å². The van der Waals surface area contributed by atoms with Crippen LogP contribution in [0.25, 0.3) is 22.4 Å². The van der Waals surface area contributed by atoms with Crippen LogP contribution in [0.1, 0.15) is 0 Å². The van der Waals surface area contributed by atoms with Gasteiger partial charge in [0.25, 0.3) is 0 Å². The number of benzene rings is 2. The highest BCUT2D eigenvalue weighted by molar-refractivity contribution is 5.81. The third-order valence-electron chi connectivity index (χ3n) is 3.61. The molecular formula is C18H14N2. The monoisotopic (exact) mass is 258 g/mol. The Balaban J connectivity index is 1.91. The first-order valence-corrected chi connectivity index (χ1v) is 6.73. The van der Waals surface area contributed by atoms with Gasteiger partial charge in [-0.3, -0.25) is 0 Å². The second kappa shape index (κ2) is 4.42. The van der Waals surface area contributed by atoms with E-state index in [1.165, 1.54) is 22.4 Å². The van der Waals surface area contributed by atoms with Gasteiger partial charge in [0.05, 0.1) is 11.0 Å². The number of aromatic nitrogens is 2. The van der Waals surface area contributed by atoms with Crippen LogP contribution in [-0.2, 0) is 0 Å². The Morgan fingerprint density at radius 3 is 1.25 bits per heavy atom. The van der Waals surface area contributed by atoms with E-state index in [2.05, 4.69) is 82.2 Å². The molecule has 2 heterocycles. The van der Waals surface area contributed by atoms with Crippen molar-refractivity contribution in [1.82, 2.24) is 9.13 Å². The number of hydrogen-bond acceptors (Lipinski definition) is 0. The molecule has 0 aliphatic heterocycles. The summed E-state index contributed by atoms with van der Waals surface area (Å²) >= 11 is 0. The lowest BCUT2D eigenvalue weighted by molar-refractivity contribution is 1.13. The van der Waals surface area contributed by atoms with E-state index in [4.69, 9.17) is 0 Å². The fourth-order valence-corrected chi connectivity index (χ4v) is 2.66. The average Bonchev–Trinajstić information content (AvgIpc) is 3.10. The zero-order valence-corrected chi connectivity index (χ0v) is 11.0. The Morgan fingerprint density at radius 1 is 0.450 bits per heavy atom. The lowest BCUT2D eigenvalue weighted by atomic mass is 10.3. The third kappa shape index (κ3) is 1.66. The maximum atomic E-state index is 2.22. The summed E-state index contributed by atoms with van der Waals surface area (Å²) in [5.74, 6) is 0. The Kier molecular flexibility index (Phi) is 2.46. The van der Waals surface area contributed by atoms with Gasteiger partial charge >= 0.3 is 0 Å². The lowest BCUT2D eigenvalue weighted by Crippen LogP contribution is -1.90. The van der Waals surface area contributed by atoms with Crippen molar-refractivity contribution in [2.24, 2.45) is 0 Å². The summed E-state index contributed by atoms with van der Waals surface area (Å²) < 4.78 is 4.43. The van der Waals surface area contributed by atoms with E-state index in [0.29, 0.717) is 0 Å². The molecule has 0 aliphatic carbocycles. The first-order valence-electron chi connectivity index (χ1n) is 6.73. The largest absolute Gasteiger partial charge is 0.315 e. The minimum Gasteiger partial charge on any atom is -0.315 e. The van der Waals surface area contributed by atoms with Crippen molar-refractivity contribution in [3.8, 4) is 11.4 Å². The molecule has 0 amide bonds. The molecule has 96 valence electrons. The summed E-state index contributed by atoms with van der Waals surface area (Å²) in [5.41, 5.74) is 4.82. The molecule has 2 aromatic heterocycles. The molecule has 0 bridgehead atoms. The Bertz CT molecular complexity index is 765. The summed E-state index contributed by atoms with van der Waals surface area (Å²) in [6.45, 7) is 0. The average molecular weight is 258 g/mol. The van der Waals surface area contributed by atoms with E-state index in [0.717, 1.165) is 0 Å². The zero-order chi connectivity index (χ0) is 13.4. The predicted octanol–water partition coefficient (Wildman–Crippen LogP) is 4.42. The van der Waals surface area contributed by atoms with Crippen LogP contribution in [0.2, 0.25) is 0 Å². The Labute approximate surface area is 117 Å². The molecule has 0 fully saturated rings. The number of hydrogen-bond donors (Lipinski definition) is 0. The van der Waals surface area contributed by atoms with Gasteiger partial charge in [-0.1, -0.05) is 36.4 Å². The van der Waals surface area contributed by atoms with Gasteiger partial charge in [-0.15, -0.1) is 0 Å². The fraction of sp³-hybridized carbons (Fsp3) is 0. The normalized spacial score (nSPS) is 11.0. The summed E-state index contributed by atoms with van der Waals surface area (Å²) in [4.78, 5) is 0. The van der Waals surface area contributed by atoms with Crippen LogP contribution in [-0.4, -0.2) is 9.13 Å². The number of nitrogens with zero attached hydrogens (tertiary/aromatic N) is 2. The van der Waals surface area contributed by atoms with Gasteiger partial charge in [0.2, 0.25) is 0 Å². The number of para-hydroxylation sites is 2. The van der Waals surface area contributed by atoms with Crippen LogP contribution >= 0.6 is 0 Å². The summed E-state index contributed by atoms with van der Waals surface area (Å²) in [6, 6.07) is 25.2. The van der Waals surface area contributed by atoms with E-state index >= 15 is 0 Å². The summed E-state index contributed by atoms with van der Waals surface area (Å²) in [5, 5.41) is 0. The highest BCUT2D eigenvalue weighted by atomic mass is 15.0. The van der Waals surface area contributed by atoms with Gasteiger partial charge in [-0.25, -0.2) is 0 Å². The van der Waals surface area contributed by atoms with Crippen molar-refractivity contribution in [3.63, 3.8) is 0 Å². The number of fused-ring (bicyclic) bond motifs is 1. The van der Waals surface area contributed by atoms with E-state index < -0.39 is 0 Å². The molecule has 0 N–H and O–H groups in total.